The van der Waals surface area contributed by atoms with Gasteiger partial charge in [-0.1, -0.05) is 31.5 Å². The van der Waals surface area contributed by atoms with Crippen LogP contribution in [0.15, 0.2) is 18.2 Å². The second-order valence-corrected chi connectivity index (χ2v) is 5.79. The molecule has 0 radical (unpaired) electrons. The van der Waals surface area contributed by atoms with Crippen molar-refractivity contribution in [2.75, 3.05) is 0 Å². The van der Waals surface area contributed by atoms with Crippen LogP contribution in [-0.2, 0) is 6.61 Å². The van der Waals surface area contributed by atoms with E-state index in [1.165, 1.54) is 6.42 Å². The van der Waals surface area contributed by atoms with Gasteiger partial charge in [-0.2, -0.15) is 0 Å². The predicted molar refractivity (Wildman–Crippen MR) is 74.0 cm³/mol. The van der Waals surface area contributed by atoms with Crippen LogP contribution < -0.4 is 4.74 Å². The van der Waals surface area contributed by atoms with E-state index in [4.69, 9.17) is 16.3 Å². The Morgan fingerprint density at radius 2 is 2.06 bits per heavy atom. The molecule has 0 bridgehead atoms. The van der Waals surface area contributed by atoms with Gasteiger partial charge in [0.25, 0.3) is 0 Å². The van der Waals surface area contributed by atoms with Gasteiger partial charge in [0.05, 0.1) is 12.7 Å². The summed E-state index contributed by atoms with van der Waals surface area (Å²) in [5.41, 5.74) is 0.699. The third-order valence-electron chi connectivity index (χ3n) is 4.08. The summed E-state index contributed by atoms with van der Waals surface area (Å²) in [5.74, 6) is 2.21. The minimum Gasteiger partial charge on any atom is -0.490 e. The lowest BCUT2D eigenvalue weighted by Gasteiger charge is -2.32. The van der Waals surface area contributed by atoms with Crippen LogP contribution >= 0.6 is 11.6 Å². The number of rotatable bonds is 3. The Morgan fingerprint density at radius 3 is 2.72 bits per heavy atom. The lowest BCUT2D eigenvalue weighted by molar-refractivity contribution is 0.0981. The average Bonchev–Trinajstić information content (AvgIpc) is 2.34. The van der Waals surface area contributed by atoms with Gasteiger partial charge in [0.2, 0.25) is 0 Å². The number of hydrogen-bond donors (Lipinski definition) is 1. The Balaban J connectivity index is 2.08. The second-order valence-electron chi connectivity index (χ2n) is 5.38. The van der Waals surface area contributed by atoms with Crippen molar-refractivity contribution in [1.29, 1.82) is 0 Å². The summed E-state index contributed by atoms with van der Waals surface area (Å²) >= 11 is 6.06. The number of aliphatic hydroxyl groups excluding tert-OH is 1. The van der Waals surface area contributed by atoms with Gasteiger partial charge < -0.3 is 9.84 Å². The van der Waals surface area contributed by atoms with Crippen molar-refractivity contribution < 1.29 is 9.84 Å². The molecule has 0 aromatic heterocycles. The standard InChI is InChI=1S/C15H21ClO2/c1-10-6-7-12(8-11(10)2)18-15-5-3-4-14(16)13(15)9-17/h3-5,10-12,17H,6-9H2,1-2H3. The third kappa shape index (κ3) is 2.99. The molecule has 3 atom stereocenters. The number of hydrogen-bond acceptors (Lipinski definition) is 2. The van der Waals surface area contributed by atoms with Crippen LogP contribution in [0.2, 0.25) is 5.02 Å². The van der Waals surface area contributed by atoms with Crippen molar-refractivity contribution in [3.63, 3.8) is 0 Å². The molecule has 100 valence electrons. The number of benzene rings is 1. The summed E-state index contributed by atoms with van der Waals surface area (Å²) in [7, 11) is 0. The summed E-state index contributed by atoms with van der Waals surface area (Å²) in [6.07, 6.45) is 3.63. The van der Waals surface area contributed by atoms with Crippen LogP contribution in [0.25, 0.3) is 0 Å². The van der Waals surface area contributed by atoms with Crippen LogP contribution in [0, 0.1) is 11.8 Å². The van der Waals surface area contributed by atoms with E-state index in [0.717, 1.165) is 24.5 Å². The highest BCUT2D eigenvalue weighted by Crippen LogP contribution is 2.34. The van der Waals surface area contributed by atoms with Crippen molar-refractivity contribution in [3.8, 4) is 5.75 Å². The Hall–Kier alpha value is -0.730. The molecule has 1 aliphatic rings. The Bertz CT molecular complexity index is 405. The van der Waals surface area contributed by atoms with E-state index in [1.54, 1.807) is 6.07 Å². The first-order chi connectivity index (χ1) is 8.61. The van der Waals surface area contributed by atoms with E-state index in [-0.39, 0.29) is 12.7 Å². The first-order valence-electron chi connectivity index (χ1n) is 6.66. The van der Waals surface area contributed by atoms with Crippen LogP contribution in [-0.4, -0.2) is 11.2 Å². The summed E-state index contributed by atoms with van der Waals surface area (Å²) in [6.45, 7) is 4.51. The van der Waals surface area contributed by atoms with Gasteiger partial charge in [0.15, 0.2) is 0 Å². The lowest BCUT2D eigenvalue weighted by atomic mass is 9.80. The SMILES string of the molecule is CC1CCC(Oc2cccc(Cl)c2CO)CC1C. The van der Waals surface area contributed by atoms with Gasteiger partial charge >= 0.3 is 0 Å². The molecule has 2 rings (SSSR count). The van der Waals surface area contributed by atoms with E-state index >= 15 is 0 Å². The quantitative estimate of drug-likeness (QED) is 0.897. The van der Waals surface area contributed by atoms with Crippen LogP contribution in [0.4, 0.5) is 0 Å². The Kier molecular flexibility index (Phi) is 4.52. The molecule has 1 saturated carbocycles. The molecular weight excluding hydrogens is 248 g/mol. The molecule has 3 heteroatoms. The minimum atomic E-state index is -0.0757. The monoisotopic (exact) mass is 268 g/mol. The molecule has 1 N–H and O–H groups in total. The van der Waals surface area contributed by atoms with Crippen LogP contribution in [0.5, 0.6) is 5.75 Å². The molecule has 3 unspecified atom stereocenters. The van der Waals surface area contributed by atoms with E-state index in [0.29, 0.717) is 16.5 Å². The molecule has 1 aliphatic carbocycles. The van der Waals surface area contributed by atoms with Crippen molar-refractivity contribution in [3.05, 3.63) is 28.8 Å². The molecule has 1 aromatic rings. The maximum absolute atomic E-state index is 9.36. The number of ether oxygens (including phenoxy) is 1. The fourth-order valence-corrected chi connectivity index (χ4v) is 2.81. The summed E-state index contributed by atoms with van der Waals surface area (Å²) in [4.78, 5) is 0. The fourth-order valence-electron chi connectivity index (χ4n) is 2.59. The maximum atomic E-state index is 9.36. The van der Waals surface area contributed by atoms with Gasteiger partial charge in [-0.05, 0) is 43.2 Å². The summed E-state index contributed by atoms with van der Waals surface area (Å²) in [6, 6.07) is 5.54. The van der Waals surface area contributed by atoms with Gasteiger partial charge in [-0.15, -0.1) is 0 Å². The average molecular weight is 269 g/mol. The molecule has 2 nitrogen and oxygen atoms in total. The highest BCUT2D eigenvalue weighted by Gasteiger charge is 2.26. The molecule has 0 saturated heterocycles. The van der Waals surface area contributed by atoms with E-state index in [1.807, 2.05) is 12.1 Å². The zero-order chi connectivity index (χ0) is 13.1. The second kappa shape index (κ2) is 5.94. The van der Waals surface area contributed by atoms with Crippen molar-refractivity contribution >= 4 is 11.6 Å². The minimum absolute atomic E-state index is 0.0757. The normalized spacial score (nSPS) is 28.1. The zero-order valence-corrected chi connectivity index (χ0v) is 11.8. The highest BCUT2D eigenvalue weighted by molar-refractivity contribution is 6.31. The molecule has 0 amide bonds. The zero-order valence-electron chi connectivity index (χ0n) is 11.0. The molecule has 1 fully saturated rings. The first kappa shape index (κ1) is 13.7. The van der Waals surface area contributed by atoms with Crippen LogP contribution in [0.3, 0.4) is 0 Å². The molecule has 0 aliphatic heterocycles. The molecule has 1 aromatic carbocycles. The number of aliphatic hydroxyl groups is 1. The van der Waals surface area contributed by atoms with Gasteiger partial charge in [-0.3, -0.25) is 0 Å². The lowest BCUT2D eigenvalue weighted by Crippen LogP contribution is -2.29. The Morgan fingerprint density at radius 1 is 1.28 bits per heavy atom. The summed E-state index contributed by atoms with van der Waals surface area (Å²) < 4.78 is 6.03. The predicted octanol–water partition coefficient (Wildman–Crippen LogP) is 4.04. The highest BCUT2D eigenvalue weighted by atomic mass is 35.5. The van der Waals surface area contributed by atoms with Crippen LogP contribution in [0.1, 0.15) is 38.7 Å². The van der Waals surface area contributed by atoms with E-state index in [9.17, 15) is 5.11 Å². The Labute approximate surface area is 114 Å². The van der Waals surface area contributed by atoms with E-state index in [2.05, 4.69) is 13.8 Å². The maximum Gasteiger partial charge on any atom is 0.126 e. The third-order valence-corrected chi connectivity index (χ3v) is 4.43. The van der Waals surface area contributed by atoms with Gasteiger partial charge in [0.1, 0.15) is 5.75 Å². The van der Waals surface area contributed by atoms with Gasteiger partial charge in [-0.25, -0.2) is 0 Å². The van der Waals surface area contributed by atoms with Crippen molar-refractivity contribution in [2.24, 2.45) is 11.8 Å². The van der Waals surface area contributed by atoms with Crippen molar-refractivity contribution in [1.82, 2.24) is 0 Å². The largest absolute Gasteiger partial charge is 0.490 e. The topological polar surface area (TPSA) is 29.5 Å². The molecular formula is C15H21ClO2. The number of halogens is 1. The fraction of sp³-hybridized carbons (Fsp3) is 0.600. The smallest absolute Gasteiger partial charge is 0.126 e. The molecule has 0 heterocycles. The summed E-state index contributed by atoms with van der Waals surface area (Å²) in [5, 5.41) is 9.93. The molecule has 0 spiro atoms. The van der Waals surface area contributed by atoms with E-state index < -0.39 is 0 Å². The molecule has 18 heavy (non-hydrogen) atoms. The van der Waals surface area contributed by atoms with Crippen molar-refractivity contribution in [2.45, 2.75) is 45.8 Å². The van der Waals surface area contributed by atoms with Gasteiger partial charge in [0, 0.05) is 10.6 Å². The first-order valence-corrected chi connectivity index (χ1v) is 7.04.